The van der Waals surface area contributed by atoms with Crippen LogP contribution in [0, 0.1) is 5.92 Å². The molecule has 0 bridgehead atoms. The average molecular weight is 547 g/mol. The molecular weight excluding hydrogens is 512 g/mol. The highest BCUT2D eigenvalue weighted by Gasteiger charge is 2.31. The van der Waals surface area contributed by atoms with Crippen LogP contribution in [0.1, 0.15) is 37.9 Å². The van der Waals surface area contributed by atoms with E-state index in [0.717, 1.165) is 0 Å². The van der Waals surface area contributed by atoms with Crippen LogP contribution in [0.3, 0.4) is 0 Å². The van der Waals surface area contributed by atoms with Gasteiger partial charge in [-0.1, -0.05) is 26.0 Å². The predicted octanol–water partition coefficient (Wildman–Crippen LogP) is -0.712. The number of carboxylic acid groups (broad SMARTS) is 2. The molecule has 1 aromatic heterocycles. The van der Waals surface area contributed by atoms with Gasteiger partial charge >= 0.3 is 11.9 Å². The number of phenolic OH excluding ortho intramolecular Hbond substituents is 1. The van der Waals surface area contributed by atoms with Crippen molar-refractivity contribution in [3.8, 4) is 5.75 Å². The van der Waals surface area contributed by atoms with E-state index in [1.807, 2.05) is 0 Å². The summed E-state index contributed by atoms with van der Waals surface area (Å²) in [5.74, 6) is -5.01. The number of carboxylic acids is 2. The number of aliphatic carboxylic acids is 2. The zero-order valence-electron chi connectivity index (χ0n) is 21.6. The molecule has 0 spiro atoms. The van der Waals surface area contributed by atoms with Gasteiger partial charge in [-0.2, -0.15) is 0 Å². The number of amides is 3. The number of aromatic amines is 1. The van der Waals surface area contributed by atoms with Gasteiger partial charge in [0.1, 0.15) is 23.9 Å². The largest absolute Gasteiger partial charge is 0.508 e. The molecule has 9 N–H and O–H groups in total. The van der Waals surface area contributed by atoms with Gasteiger partial charge in [0.25, 0.3) is 0 Å². The fourth-order valence-electron chi connectivity index (χ4n) is 3.70. The van der Waals surface area contributed by atoms with Crippen molar-refractivity contribution < 1.29 is 39.3 Å². The zero-order valence-corrected chi connectivity index (χ0v) is 21.6. The molecule has 0 aliphatic rings. The van der Waals surface area contributed by atoms with Crippen molar-refractivity contribution in [2.75, 3.05) is 0 Å². The molecule has 0 fully saturated rings. The van der Waals surface area contributed by atoms with E-state index >= 15 is 0 Å². The van der Waals surface area contributed by atoms with Gasteiger partial charge in [-0.15, -0.1) is 0 Å². The Morgan fingerprint density at radius 2 is 1.49 bits per heavy atom. The first-order valence-corrected chi connectivity index (χ1v) is 12.2. The molecule has 1 heterocycles. The van der Waals surface area contributed by atoms with E-state index in [0.29, 0.717) is 11.3 Å². The summed E-state index contributed by atoms with van der Waals surface area (Å²) in [5, 5.41) is 35.5. The molecule has 4 atom stereocenters. The fraction of sp³-hybridized carbons (Fsp3) is 0.440. The lowest BCUT2D eigenvalue weighted by Gasteiger charge is -2.26. The molecule has 1 aromatic carbocycles. The molecule has 39 heavy (non-hydrogen) atoms. The van der Waals surface area contributed by atoms with E-state index in [1.165, 1.54) is 36.8 Å². The van der Waals surface area contributed by atoms with E-state index < -0.39 is 60.2 Å². The van der Waals surface area contributed by atoms with E-state index in [1.54, 1.807) is 13.8 Å². The predicted molar refractivity (Wildman–Crippen MR) is 137 cm³/mol. The van der Waals surface area contributed by atoms with Crippen LogP contribution in [0.5, 0.6) is 5.75 Å². The maximum absolute atomic E-state index is 13.2. The number of hydrogen-bond donors (Lipinski definition) is 8. The van der Waals surface area contributed by atoms with Gasteiger partial charge in [0.15, 0.2) is 0 Å². The number of aromatic nitrogens is 2. The maximum atomic E-state index is 13.2. The summed E-state index contributed by atoms with van der Waals surface area (Å²) in [4.78, 5) is 68.4. The summed E-state index contributed by atoms with van der Waals surface area (Å²) in [5.41, 5.74) is 6.65. The molecule has 4 unspecified atom stereocenters. The number of benzene rings is 1. The Hall–Kier alpha value is -4.46. The van der Waals surface area contributed by atoms with E-state index in [-0.39, 0.29) is 30.9 Å². The SMILES string of the molecule is CC(C)CC(NC(=O)C(N)CC(=O)O)C(=O)NC(Cc1cnc[nH]1)C(=O)NC(Cc1ccc(O)cc1)C(=O)O. The van der Waals surface area contributed by atoms with E-state index in [4.69, 9.17) is 10.8 Å². The summed E-state index contributed by atoms with van der Waals surface area (Å²) < 4.78 is 0. The van der Waals surface area contributed by atoms with Crippen LogP contribution in [0.2, 0.25) is 0 Å². The summed E-state index contributed by atoms with van der Waals surface area (Å²) >= 11 is 0. The second kappa shape index (κ2) is 14.5. The van der Waals surface area contributed by atoms with Gasteiger partial charge in [0, 0.05) is 24.7 Å². The Morgan fingerprint density at radius 1 is 0.897 bits per heavy atom. The van der Waals surface area contributed by atoms with Gasteiger partial charge in [-0.05, 0) is 30.0 Å². The quantitative estimate of drug-likeness (QED) is 0.140. The van der Waals surface area contributed by atoms with Gasteiger partial charge in [0.2, 0.25) is 17.7 Å². The van der Waals surface area contributed by atoms with Gasteiger partial charge < -0.3 is 42.0 Å². The highest BCUT2D eigenvalue weighted by molar-refractivity contribution is 5.94. The second-order valence-electron chi connectivity index (χ2n) is 9.51. The normalized spacial score (nSPS) is 14.1. The third-order valence-corrected chi connectivity index (χ3v) is 5.67. The van der Waals surface area contributed by atoms with Crippen molar-refractivity contribution in [1.82, 2.24) is 25.9 Å². The topological polar surface area (TPSA) is 237 Å². The number of phenols is 1. The molecule has 0 saturated heterocycles. The van der Waals surface area contributed by atoms with Crippen LogP contribution < -0.4 is 21.7 Å². The van der Waals surface area contributed by atoms with Gasteiger partial charge in [-0.3, -0.25) is 19.2 Å². The van der Waals surface area contributed by atoms with Crippen molar-refractivity contribution in [1.29, 1.82) is 0 Å². The number of rotatable bonds is 15. The number of aromatic hydroxyl groups is 1. The molecule has 0 aliphatic heterocycles. The first-order chi connectivity index (χ1) is 18.3. The van der Waals surface area contributed by atoms with Crippen molar-refractivity contribution >= 4 is 29.7 Å². The minimum absolute atomic E-state index is 0.00366. The Morgan fingerprint density at radius 3 is 2.03 bits per heavy atom. The van der Waals surface area contributed by atoms with Gasteiger partial charge in [0.05, 0.1) is 18.8 Å². The van der Waals surface area contributed by atoms with Crippen LogP contribution >= 0.6 is 0 Å². The van der Waals surface area contributed by atoms with Crippen LogP contribution in [-0.4, -0.2) is 79.1 Å². The molecule has 0 saturated carbocycles. The number of nitrogens with two attached hydrogens (primary N) is 1. The lowest BCUT2D eigenvalue weighted by molar-refractivity contribution is -0.142. The number of nitrogens with one attached hydrogen (secondary N) is 4. The molecule has 3 amide bonds. The van der Waals surface area contributed by atoms with Crippen LogP contribution in [-0.2, 0) is 36.8 Å². The number of carbonyl (C=O) groups is 5. The summed E-state index contributed by atoms with van der Waals surface area (Å²) in [7, 11) is 0. The van der Waals surface area contributed by atoms with Crippen molar-refractivity contribution in [3.05, 3.63) is 48.0 Å². The first kappa shape index (κ1) is 30.8. The van der Waals surface area contributed by atoms with E-state index in [9.17, 15) is 34.2 Å². The summed E-state index contributed by atoms with van der Waals surface area (Å²) in [6.07, 6.45) is 2.20. The van der Waals surface area contributed by atoms with Crippen LogP contribution in [0.4, 0.5) is 0 Å². The Bertz CT molecular complexity index is 1140. The van der Waals surface area contributed by atoms with E-state index in [2.05, 4.69) is 25.9 Å². The van der Waals surface area contributed by atoms with Crippen LogP contribution in [0.15, 0.2) is 36.8 Å². The molecule has 14 nitrogen and oxygen atoms in total. The Labute approximate surface area is 224 Å². The highest BCUT2D eigenvalue weighted by atomic mass is 16.4. The summed E-state index contributed by atoms with van der Waals surface area (Å²) in [6.45, 7) is 3.61. The fourth-order valence-corrected chi connectivity index (χ4v) is 3.70. The smallest absolute Gasteiger partial charge is 0.326 e. The number of nitrogens with zero attached hydrogens (tertiary/aromatic N) is 1. The standard InChI is InChI=1S/C25H34N6O8/c1-13(2)7-18(29-22(35)17(26)10-21(33)34)23(36)30-19(9-15-11-27-12-28-15)24(37)31-20(25(38)39)8-14-3-5-16(32)6-4-14/h3-6,11-13,17-20,32H,7-10,26H2,1-2H3,(H,27,28)(H,29,35)(H,30,36)(H,31,37)(H,33,34)(H,38,39). The monoisotopic (exact) mass is 546 g/mol. The lowest BCUT2D eigenvalue weighted by atomic mass is 10.0. The molecule has 14 heteroatoms. The number of carbonyl (C=O) groups excluding carboxylic acids is 3. The molecule has 2 aromatic rings. The number of imidazole rings is 1. The molecule has 212 valence electrons. The third-order valence-electron chi connectivity index (χ3n) is 5.67. The van der Waals surface area contributed by atoms with Crippen molar-refractivity contribution in [2.45, 2.75) is 63.7 Å². The first-order valence-electron chi connectivity index (χ1n) is 12.2. The minimum atomic E-state index is -1.38. The zero-order chi connectivity index (χ0) is 29.1. The molecule has 2 rings (SSSR count). The van der Waals surface area contributed by atoms with Crippen LogP contribution in [0.25, 0.3) is 0 Å². The number of H-pyrrole nitrogens is 1. The Balaban J connectivity index is 2.21. The van der Waals surface area contributed by atoms with Crippen molar-refractivity contribution in [2.24, 2.45) is 11.7 Å². The Kier molecular flexibility index (Phi) is 11.4. The van der Waals surface area contributed by atoms with Crippen molar-refractivity contribution in [3.63, 3.8) is 0 Å². The second-order valence-corrected chi connectivity index (χ2v) is 9.51. The summed E-state index contributed by atoms with van der Waals surface area (Å²) in [6, 6.07) is 0.714. The molecule has 0 aliphatic carbocycles. The minimum Gasteiger partial charge on any atom is -0.508 e. The number of hydrogen-bond acceptors (Lipinski definition) is 8. The highest BCUT2D eigenvalue weighted by Crippen LogP contribution is 2.12. The maximum Gasteiger partial charge on any atom is 0.326 e. The third kappa shape index (κ3) is 10.4. The average Bonchev–Trinajstić information content (AvgIpc) is 3.36. The molecule has 0 radical (unpaired) electrons. The lowest BCUT2D eigenvalue weighted by Crippen LogP contribution is -2.58. The van der Waals surface area contributed by atoms with Gasteiger partial charge in [-0.25, -0.2) is 9.78 Å². The molecular formula is C25H34N6O8.